The molecule has 4 atom stereocenters. The minimum absolute atomic E-state index is 0.168. The maximum atomic E-state index is 12.5. The van der Waals surface area contributed by atoms with Crippen LogP contribution in [0.5, 0.6) is 0 Å². The number of hydrogen-bond donors (Lipinski definition) is 1. The number of benzene rings is 1. The number of rotatable bonds is 3. The molecule has 1 aromatic rings. The second kappa shape index (κ2) is 5.30. The monoisotopic (exact) mass is 374 g/mol. The quantitative estimate of drug-likeness (QED) is 0.651. The molecule has 1 N–H and O–H groups in total. The zero-order valence-electron chi connectivity index (χ0n) is 12.2. The Morgan fingerprint density at radius 3 is 2.22 bits per heavy atom. The normalized spacial score (nSPS) is 30.9. The molecule has 23 heavy (non-hydrogen) atoms. The number of hydrogen-bond acceptors (Lipinski definition) is 3. The summed E-state index contributed by atoms with van der Waals surface area (Å²) in [6.07, 6.45) is 4.98. The van der Waals surface area contributed by atoms with E-state index in [1.54, 1.807) is 12.1 Å². The first-order valence-corrected chi connectivity index (χ1v) is 8.43. The summed E-state index contributed by atoms with van der Waals surface area (Å²) >= 11 is 3.33. The second-order valence-electron chi connectivity index (χ2n) is 6.32. The summed E-state index contributed by atoms with van der Waals surface area (Å²) in [4.78, 5) is 38.3. The smallest absolute Gasteiger partial charge is 0.244 e. The first-order chi connectivity index (χ1) is 11.0. The molecule has 0 aromatic heterocycles. The van der Waals surface area contributed by atoms with Crippen LogP contribution in [0.15, 0.2) is 40.9 Å². The molecule has 2 aliphatic carbocycles. The number of allylic oxidation sites excluding steroid dienone is 2. The highest BCUT2D eigenvalue weighted by atomic mass is 79.9. The van der Waals surface area contributed by atoms with Gasteiger partial charge in [-0.1, -0.05) is 28.1 Å². The Morgan fingerprint density at radius 1 is 1.09 bits per heavy atom. The highest BCUT2D eigenvalue weighted by Crippen LogP contribution is 2.52. The molecule has 0 spiro atoms. The van der Waals surface area contributed by atoms with E-state index in [1.165, 1.54) is 0 Å². The van der Waals surface area contributed by atoms with Gasteiger partial charge >= 0.3 is 0 Å². The van der Waals surface area contributed by atoms with Crippen LogP contribution in [-0.4, -0.2) is 29.2 Å². The maximum Gasteiger partial charge on any atom is 0.244 e. The van der Waals surface area contributed by atoms with Crippen LogP contribution in [-0.2, 0) is 14.4 Å². The molecular weight excluding hydrogens is 360 g/mol. The molecule has 3 aliphatic rings. The number of carbonyl (C=O) groups excluding carboxylic acids is 3. The van der Waals surface area contributed by atoms with E-state index in [4.69, 9.17) is 0 Å². The van der Waals surface area contributed by atoms with E-state index in [0.29, 0.717) is 5.69 Å². The van der Waals surface area contributed by atoms with E-state index in [-0.39, 0.29) is 47.9 Å². The molecule has 5 nitrogen and oxygen atoms in total. The highest BCUT2D eigenvalue weighted by Gasteiger charge is 2.59. The number of fused-ring (bicyclic) bond motifs is 5. The Labute approximate surface area is 141 Å². The third-order valence-corrected chi connectivity index (χ3v) is 5.52. The molecule has 4 rings (SSSR count). The molecule has 1 saturated carbocycles. The molecule has 6 heteroatoms. The fraction of sp³-hybridized carbons (Fsp3) is 0.353. The van der Waals surface area contributed by atoms with Gasteiger partial charge < -0.3 is 5.32 Å². The number of carbonyl (C=O) groups is 3. The summed E-state index contributed by atoms with van der Waals surface area (Å²) in [6.45, 7) is -0.208. The summed E-state index contributed by atoms with van der Waals surface area (Å²) < 4.78 is 0.913. The average Bonchev–Trinajstić information content (AvgIpc) is 3.19. The fourth-order valence-corrected chi connectivity index (χ4v) is 4.26. The average molecular weight is 375 g/mol. The largest absolute Gasteiger partial charge is 0.325 e. The number of nitrogens with zero attached hydrogens (tertiary/aromatic N) is 1. The lowest BCUT2D eigenvalue weighted by Gasteiger charge is -2.16. The van der Waals surface area contributed by atoms with E-state index in [9.17, 15) is 14.4 Å². The van der Waals surface area contributed by atoms with Crippen LogP contribution in [0.1, 0.15) is 6.42 Å². The standard InChI is InChI=1S/C17H15BrN2O3/c18-11-3-5-12(6-4-11)19-13(21)8-20-16(22)14-9-1-2-10(7-9)15(14)17(20)23/h1-6,9-10,14-15H,7-8H2,(H,19,21)/t9-,10-,14+,15+/m0/s1. The van der Waals surface area contributed by atoms with E-state index in [2.05, 4.69) is 21.2 Å². The highest BCUT2D eigenvalue weighted by molar-refractivity contribution is 9.10. The Bertz CT molecular complexity index is 698. The number of likely N-dealkylation sites (tertiary alicyclic amines) is 1. The minimum Gasteiger partial charge on any atom is -0.325 e. The van der Waals surface area contributed by atoms with Crippen molar-refractivity contribution in [3.8, 4) is 0 Å². The van der Waals surface area contributed by atoms with Gasteiger partial charge in [-0.3, -0.25) is 19.3 Å². The van der Waals surface area contributed by atoms with Crippen LogP contribution in [0.3, 0.4) is 0 Å². The zero-order chi connectivity index (χ0) is 16.1. The Hall–Kier alpha value is -1.95. The van der Waals surface area contributed by atoms with E-state index < -0.39 is 0 Å². The van der Waals surface area contributed by atoms with Gasteiger partial charge in [-0.2, -0.15) is 0 Å². The summed E-state index contributed by atoms with van der Waals surface area (Å²) in [5, 5.41) is 2.72. The summed E-state index contributed by atoms with van der Waals surface area (Å²) in [5.74, 6) is -0.905. The van der Waals surface area contributed by atoms with Crippen LogP contribution >= 0.6 is 15.9 Å². The van der Waals surface area contributed by atoms with Gasteiger partial charge in [-0.25, -0.2) is 0 Å². The molecule has 1 aromatic carbocycles. The minimum atomic E-state index is -0.352. The van der Waals surface area contributed by atoms with Crippen molar-refractivity contribution in [3.63, 3.8) is 0 Å². The van der Waals surface area contributed by atoms with Crippen molar-refractivity contribution in [2.75, 3.05) is 11.9 Å². The van der Waals surface area contributed by atoms with Gasteiger partial charge in [0.1, 0.15) is 6.54 Å². The van der Waals surface area contributed by atoms with Crippen molar-refractivity contribution < 1.29 is 14.4 Å². The number of halogens is 1. The Balaban J connectivity index is 1.45. The van der Waals surface area contributed by atoms with Gasteiger partial charge in [0, 0.05) is 10.2 Å². The van der Waals surface area contributed by atoms with Crippen molar-refractivity contribution in [1.29, 1.82) is 0 Å². The van der Waals surface area contributed by atoms with Gasteiger partial charge in [0.15, 0.2) is 0 Å². The molecule has 0 unspecified atom stereocenters. The fourth-order valence-electron chi connectivity index (χ4n) is 4.00. The number of imide groups is 1. The number of anilines is 1. The van der Waals surface area contributed by atoms with Gasteiger partial charge in [0.05, 0.1) is 11.8 Å². The second-order valence-corrected chi connectivity index (χ2v) is 7.23. The first kappa shape index (κ1) is 14.6. The lowest BCUT2D eigenvalue weighted by molar-refractivity contribution is -0.143. The molecule has 1 saturated heterocycles. The topological polar surface area (TPSA) is 66.5 Å². The van der Waals surface area contributed by atoms with Crippen LogP contribution in [0.2, 0.25) is 0 Å². The van der Waals surface area contributed by atoms with Crippen molar-refractivity contribution in [3.05, 3.63) is 40.9 Å². The van der Waals surface area contributed by atoms with Crippen molar-refractivity contribution in [1.82, 2.24) is 4.90 Å². The molecule has 1 aliphatic heterocycles. The molecule has 2 bridgehead atoms. The lowest BCUT2D eigenvalue weighted by Crippen LogP contribution is -2.39. The van der Waals surface area contributed by atoms with E-state index in [0.717, 1.165) is 15.8 Å². The van der Waals surface area contributed by atoms with Gasteiger partial charge in [0.2, 0.25) is 17.7 Å². The third kappa shape index (κ3) is 2.32. The number of amides is 3. The Kier molecular flexibility index (Phi) is 3.37. The van der Waals surface area contributed by atoms with Crippen LogP contribution in [0, 0.1) is 23.7 Å². The lowest BCUT2D eigenvalue weighted by atomic mass is 9.85. The molecule has 0 radical (unpaired) electrons. The van der Waals surface area contributed by atoms with Crippen LogP contribution in [0.25, 0.3) is 0 Å². The summed E-state index contributed by atoms with van der Waals surface area (Å²) in [5.41, 5.74) is 0.638. The molecule has 1 heterocycles. The van der Waals surface area contributed by atoms with Crippen molar-refractivity contribution in [2.45, 2.75) is 6.42 Å². The SMILES string of the molecule is O=C(CN1C(=O)[C@H]2[C@H](C1=O)[C@H]1C=C[C@H]2C1)Nc1ccc(Br)cc1. The summed E-state index contributed by atoms with van der Waals surface area (Å²) in [6, 6.07) is 7.15. The van der Waals surface area contributed by atoms with Crippen molar-refractivity contribution >= 4 is 39.3 Å². The zero-order valence-corrected chi connectivity index (χ0v) is 13.8. The first-order valence-electron chi connectivity index (χ1n) is 7.63. The van der Waals surface area contributed by atoms with Crippen molar-refractivity contribution in [2.24, 2.45) is 23.7 Å². The third-order valence-electron chi connectivity index (χ3n) is 4.99. The number of nitrogens with one attached hydrogen (secondary N) is 1. The predicted octanol–water partition coefficient (Wildman–Crippen LogP) is 2.19. The Morgan fingerprint density at radius 2 is 1.65 bits per heavy atom. The summed E-state index contributed by atoms with van der Waals surface area (Å²) in [7, 11) is 0. The molecule has 2 fully saturated rings. The van der Waals surface area contributed by atoms with Gasteiger partial charge in [0.25, 0.3) is 0 Å². The van der Waals surface area contributed by atoms with E-state index >= 15 is 0 Å². The maximum absolute atomic E-state index is 12.5. The van der Waals surface area contributed by atoms with Gasteiger partial charge in [-0.05, 0) is 42.5 Å². The molecule has 3 amide bonds. The van der Waals surface area contributed by atoms with E-state index in [1.807, 2.05) is 24.3 Å². The molecule has 118 valence electrons. The van der Waals surface area contributed by atoms with Crippen LogP contribution in [0.4, 0.5) is 5.69 Å². The molecular formula is C17H15BrN2O3. The van der Waals surface area contributed by atoms with Crippen LogP contribution < -0.4 is 5.32 Å². The predicted molar refractivity (Wildman–Crippen MR) is 87.2 cm³/mol. The van der Waals surface area contributed by atoms with Gasteiger partial charge in [-0.15, -0.1) is 0 Å².